The van der Waals surface area contributed by atoms with Crippen molar-refractivity contribution in [3.63, 3.8) is 0 Å². The van der Waals surface area contributed by atoms with Crippen molar-refractivity contribution in [2.75, 3.05) is 19.8 Å². The predicted octanol–water partition coefficient (Wildman–Crippen LogP) is 2.66. The number of carbonyl (C=O) groups is 1. The Kier molecular flexibility index (Phi) is 4.69. The van der Waals surface area contributed by atoms with Crippen LogP contribution < -0.4 is 10.6 Å². The average molecular weight is 344 g/mol. The van der Waals surface area contributed by atoms with Crippen LogP contribution in [0.5, 0.6) is 0 Å². The fourth-order valence-electron chi connectivity index (χ4n) is 4.50. The lowest BCUT2D eigenvalue weighted by Crippen LogP contribution is -2.51. The monoisotopic (exact) mass is 344 g/mol. The van der Waals surface area contributed by atoms with Crippen molar-refractivity contribution >= 4 is 6.03 Å². The van der Waals surface area contributed by atoms with E-state index in [9.17, 15) is 4.79 Å². The zero-order chi connectivity index (χ0) is 17.3. The minimum Gasteiger partial charge on any atom is -0.381 e. The summed E-state index contributed by atoms with van der Waals surface area (Å²) in [6, 6.07) is 8.80. The van der Waals surface area contributed by atoms with Crippen molar-refractivity contribution in [3.8, 4) is 0 Å². The summed E-state index contributed by atoms with van der Waals surface area (Å²) in [6.45, 7) is 4.24. The third-order valence-electron chi connectivity index (χ3n) is 6.12. The molecule has 5 heteroatoms. The molecule has 1 aromatic rings. The molecule has 0 aliphatic carbocycles. The summed E-state index contributed by atoms with van der Waals surface area (Å²) in [5.41, 5.74) is 2.52. The lowest BCUT2D eigenvalue weighted by atomic mass is 9.74. The van der Waals surface area contributed by atoms with E-state index in [1.54, 1.807) is 0 Å². The van der Waals surface area contributed by atoms with E-state index < -0.39 is 0 Å². The highest BCUT2D eigenvalue weighted by atomic mass is 16.5. The van der Waals surface area contributed by atoms with Gasteiger partial charge in [0, 0.05) is 25.2 Å². The van der Waals surface area contributed by atoms with Crippen molar-refractivity contribution in [1.82, 2.24) is 10.6 Å². The van der Waals surface area contributed by atoms with Gasteiger partial charge in [-0.25, -0.2) is 4.79 Å². The van der Waals surface area contributed by atoms with Crippen LogP contribution in [0.4, 0.5) is 4.79 Å². The molecule has 3 aliphatic rings. The molecule has 1 aromatic carbocycles. The molecule has 3 atom stereocenters. The first-order valence-electron chi connectivity index (χ1n) is 9.49. The highest BCUT2D eigenvalue weighted by Crippen LogP contribution is 2.35. The molecule has 0 spiro atoms. The van der Waals surface area contributed by atoms with Gasteiger partial charge in [0.2, 0.25) is 0 Å². The number of rotatable bonds is 4. The fourth-order valence-corrected chi connectivity index (χ4v) is 4.50. The van der Waals surface area contributed by atoms with Gasteiger partial charge in [-0.05, 0) is 44.6 Å². The summed E-state index contributed by atoms with van der Waals surface area (Å²) in [5, 5.41) is 6.25. The summed E-state index contributed by atoms with van der Waals surface area (Å²) in [6.07, 6.45) is 5.60. The first kappa shape index (κ1) is 16.9. The molecule has 0 saturated carbocycles. The number of ether oxygens (including phenoxy) is 2. The maximum atomic E-state index is 12.4. The van der Waals surface area contributed by atoms with Crippen molar-refractivity contribution in [1.29, 1.82) is 0 Å². The van der Waals surface area contributed by atoms with Gasteiger partial charge in [-0.15, -0.1) is 0 Å². The van der Waals surface area contributed by atoms with Crippen LogP contribution in [0.25, 0.3) is 0 Å². The lowest BCUT2D eigenvalue weighted by Gasteiger charge is -2.38. The van der Waals surface area contributed by atoms with Gasteiger partial charge in [0.05, 0.1) is 18.2 Å². The van der Waals surface area contributed by atoms with Gasteiger partial charge in [0.1, 0.15) is 0 Å². The Bertz CT molecular complexity index is 610. The van der Waals surface area contributed by atoms with E-state index in [4.69, 9.17) is 9.47 Å². The van der Waals surface area contributed by atoms with E-state index >= 15 is 0 Å². The zero-order valence-electron chi connectivity index (χ0n) is 14.9. The maximum Gasteiger partial charge on any atom is 0.315 e. The number of hydrogen-bond acceptors (Lipinski definition) is 3. The third kappa shape index (κ3) is 3.53. The van der Waals surface area contributed by atoms with E-state index in [0.29, 0.717) is 12.6 Å². The van der Waals surface area contributed by atoms with Crippen molar-refractivity contribution in [2.45, 2.75) is 62.7 Å². The number of nitrogens with one attached hydrogen (secondary N) is 2. The normalized spacial score (nSPS) is 30.2. The molecular formula is C20H28N2O3. The molecule has 3 heterocycles. The van der Waals surface area contributed by atoms with Gasteiger partial charge < -0.3 is 20.1 Å². The summed E-state index contributed by atoms with van der Waals surface area (Å²) >= 11 is 0. The van der Waals surface area contributed by atoms with Gasteiger partial charge in [-0.3, -0.25) is 0 Å². The predicted molar refractivity (Wildman–Crippen MR) is 95.7 cm³/mol. The quantitative estimate of drug-likeness (QED) is 0.883. The Morgan fingerprint density at radius 3 is 2.60 bits per heavy atom. The molecule has 25 heavy (non-hydrogen) atoms. The van der Waals surface area contributed by atoms with Crippen LogP contribution in [0.1, 0.15) is 43.2 Å². The molecule has 0 radical (unpaired) electrons. The van der Waals surface area contributed by atoms with E-state index in [1.165, 1.54) is 11.1 Å². The molecule has 136 valence electrons. The molecule has 2 amide bonds. The molecule has 2 N–H and O–H groups in total. The van der Waals surface area contributed by atoms with Crippen LogP contribution >= 0.6 is 0 Å². The molecule has 0 aromatic heterocycles. The Balaban J connectivity index is 1.39. The minimum atomic E-state index is -0.0703. The SMILES string of the molecule is Cc1ccc(C2(CNC(=O)N[C@@H]3C[C@H]4CC[C@H]3O4)CCOCC2)cc1. The van der Waals surface area contributed by atoms with Gasteiger partial charge in [-0.2, -0.15) is 0 Å². The number of urea groups is 1. The van der Waals surface area contributed by atoms with Crippen molar-refractivity contribution in [3.05, 3.63) is 35.4 Å². The summed E-state index contributed by atoms with van der Waals surface area (Å²) in [5.74, 6) is 0. The maximum absolute atomic E-state index is 12.4. The van der Waals surface area contributed by atoms with Gasteiger partial charge in [0.25, 0.3) is 0 Å². The van der Waals surface area contributed by atoms with Crippen molar-refractivity contribution in [2.24, 2.45) is 0 Å². The molecule has 2 bridgehead atoms. The number of hydrogen-bond donors (Lipinski definition) is 2. The summed E-state index contributed by atoms with van der Waals surface area (Å²) in [4.78, 5) is 12.4. The molecule has 3 saturated heterocycles. The topological polar surface area (TPSA) is 59.6 Å². The number of carbonyl (C=O) groups excluding carboxylic acids is 1. The Hall–Kier alpha value is -1.59. The second kappa shape index (κ2) is 6.96. The van der Waals surface area contributed by atoms with Gasteiger partial charge in [0.15, 0.2) is 0 Å². The second-order valence-corrected chi connectivity index (χ2v) is 7.80. The van der Waals surface area contributed by atoms with Gasteiger partial charge in [-0.1, -0.05) is 29.8 Å². The smallest absolute Gasteiger partial charge is 0.315 e. The summed E-state index contributed by atoms with van der Waals surface area (Å²) < 4.78 is 11.4. The van der Waals surface area contributed by atoms with Crippen molar-refractivity contribution < 1.29 is 14.3 Å². The molecule has 5 nitrogen and oxygen atoms in total. The number of benzene rings is 1. The summed E-state index contributed by atoms with van der Waals surface area (Å²) in [7, 11) is 0. The Labute approximate surface area is 149 Å². The second-order valence-electron chi connectivity index (χ2n) is 7.80. The van der Waals surface area contributed by atoms with Crippen LogP contribution in [0.3, 0.4) is 0 Å². The molecule has 0 unspecified atom stereocenters. The zero-order valence-corrected chi connectivity index (χ0v) is 14.9. The third-order valence-corrected chi connectivity index (χ3v) is 6.12. The Morgan fingerprint density at radius 2 is 1.96 bits per heavy atom. The Morgan fingerprint density at radius 1 is 1.20 bits per heavy atom. The van der Waals surface area contributed by atoms with Crippen LogP contribution in [-0.2, 0) is 14.9 Å². The molecule has 3 fully saturated rings. The highest BCUT2D eigenvalue weighted by Gasteiger charge is 2.41. The van der Waals surface area contributed by atoms with E-state index in [1.807, 2.05) is 0 Å². The fraction of sp³-hybridized carbons (Fsp3) is 0.650. The van der Waals surface area contributed by atoms with Crippen LogP contribution in [-0.4, -0.2) is 44.0 Å². The van der Waals surface area contributed by atoms with E-state index in [-0.39, 0.29) is 23.6 Å². The number of fused-ring (bicyclic) bond motifs is 2. The molecule has 4 rings (SSSR count). The highest BCUT2D eigenvalue weighted by molar-refractivity contribution is 5.74. The lowest BCUT2D eigenvalue weighted by molar-refractivity contribution is 0.0506. The number of aryl methyl sites for hydroxylation is 1. The van der Waals surface area contributed by atoms with E-state index in [2.05, 4.69) is 41.8 Å². The van der Waals surface area contributed by atoms with Crippen LogP contribution in [0.15, 0.2) is 24.3 Å². The van der Waals surface area contributed by atoms with Crippen LogP contribution in [0, 0.1) is 6.92 Å². The molecular weight excluding hydrogens is 316 g/mol. The largest absolute Gasteiger partial charge is 0.381 e. The molecule has 3 aliphatic heterocycles. The number of amides is 2. The minimum absolute atomic E-state index is 0.0333. The first-order valence-corrected chi connectivity index (χ1v) is 9.49. The van der Waals surface area contributed by atoms with E-state index in [0.717, 1.165) is 45.3 Å². The standard InChI is InChI=1S/C20H28N2O3/c1-14-2-4-15(5-3-14)20(8-10-24-11-9-20)13-21-19(23)22-17-12-16-6-7-18(17)25-16/h2-5,16-18H,6-13H2,1H3,(H2,21,22,23)/t16-,17-,18-/m1/s1. The average Bonchev–Trinajstić information content (AvgIpc) is 3.24. The first-order chi connectivity index (χ1) is 12.1. The van der Waals surface area contributed by atoms with Gasteiger partial charge >= 0.3 is 6.03 Å². The van der Waals surface area contributed by atoms with Crippen LogP contribution in [0.2, 0.25) is 0 Å².